The standard InChI is InChI=1S/C43H84O11S2Si2/c1-8-14-16-18-20-24-37(48)50-36-42(12-5,39(7,26-22-27-55)53-58-52-35-41(11-4,32-46)33-47)43(13-6,51-34-40(10-3,30-44)31-45)54-57-29-23-28-56-38(49)25-21-19-17-15-9-2/h44-47,55H,8-36H2,1-7H3. The molecule has 4 N–H and O–H groups in total. The van der Waals surface area contributed by atoms with Crippen molar-refractivity contribution in [1.29, 1.82) is 0 Å². The quantitative estimate of drug-likeness (QED) is 0.0132. The van der Waals surface area contributed by atoms with Crippen molar-refractivity contribution >= 4 is 55.2 Å². The molecular formula is C43H84O11S2Si2. The summed E-state index contributed by atoms with van der Waals surface area (Å²) >= 11 is 5.95. The zero-order chi connectivity index (χ0) is 43.8. The summed E-state index contributed by atoms with van der Waals surface area (Å²) in [5, 5.41) is 41.4. The van der Waals surface area contributed by atoms with E-state index in [1.807, 2.05) is 34.6 Å². The lowest BCUT2D eigenvalue weighted by molar-refractivity contribution is -0.321. The molecule has 0 fully saturated rings. The Hall–Kier alpha value is -0.0462. The molecule has 0 aromatic carbocycles. The zero-order valence-electron chi connectivity index (χ0n) is 37.5. The minimum absolute atomic E-state index is 0.0159. The van der Waals surface area contributed by atoms with E-state index in [0.717, 1.165) is 51.4 Å². The molecule has 0 rings (SSSR count). The first kappa shape index (κ1) is 58.0. The molecule has 0 saturated carbocycles. The van der Waals surface area contributed by atoms with Crippen molar-refractivity contribution in [3.63, 3.8) is 0 Å². The molecule has 58 heavy (non-hydrogen) atoms. The summed E-state index contributed by atoms with van der Waals surface area (Å²) in [4.78, 5) is 26.1. The topological polar surface area (TPSA) is 161 Å². The third kappa shape index (κ3) is 19.6. The number of esters is 1. The highest BCUT2D eigenvalue weighted by Gasteiger charge is 2.63. The molecule has 342 valence electrons. The number of aliphatic hydroxyl groups excluding tert-OH is 4. The van der Waals surface area contributed by atoms with Gasteiger partial charge in [-0.15, -0.1) is 0 Å². The Morgan fingerprint density at radius 3 is 1.74 bits per heavy atom. The Bertz CT molecular complexity index is 1020. The molecule has 3 atom stereocenters. The maximum Gasteiger partial charge on any atom is 0.433 e. The van der Waals surface area contributed by atoms with E-state index in [9.17, 15) is 30.0 Å². The third-order valence-corrected chi connectivity index (χ3v) is 15.3. The van der Waals surface area contributed by atoms with Gasteiger partial charge in [0.25, 0.3) is 0 Å². The van der Waals surface area contributed by atoms with Gasteiger partial charge in [-0.05, 0) is 76.5 Å². The summed E-state index contributed by atoms with van der Waals surface area (Å²) in [6.07, 6.45) is 15.0. The van der Waals surface area contributed by atoms with Crippen LogP contribution >= 0.6 is 24.4 Å². The normalized spacial score (nSPS) is 15.5. The van der Waals surface area contributed by atoms with Crippen LogP contribution in [0.1, 0.15) is 170 Å². The molecule has 15 heteroatoms. The molecule has 0 aromatic rings. The first-order valence-electron chi connectivity index (χ1n) is 22.3. The zero-order valence-corrected chi connectivity index (χ0v) is 41.2. The lowest BCUT2D eigenvalue weighted by atomic mass is 9.62. The number of hydrogen-bond donors (Lipinski definition) is 5. The van der Waals surface area contributed by atoms with E-state index in [0.29, 0.717) is 62.5 Å². The summed E-state index contributed by atoms with van der Waals surface area (Å²) in [6, 6.07) is 0.679. The Morgan fingerprint density at radius 2 is 1.22 bits per heavy atom. The van der Waals surface area contributed by atoms with Crippen LogP contribution < -0.4 is 0 Å². The van der Waals surface area contributed by atoms with Crippen molar-refractivity contribution in [2.24, 2.45) is 16.2 Å². The van der Waals surface area contributed by atoms with Crippen LogP contribution in [0.3, 0.4) is 0 Å². The first-order valence-corrected chi connectivity index (χ1v) is 25.9. The van der Waals surface area contributed by atoms with Gasteiger partial charge in [0.05, 0.1) is 44.1 Å². The van der Waals surface area contributed by atoms with Crippen LogP contribution in [0.5, 0.6) is 0 Å². The average Bonchev–Trinajstić information content (AvgIpc) is 3.24. The summed E-state index contributed by atoms with van der Waals surface area (Å²) < 4.78 is 33.2. The second kappa shape index (κ2) is 33.5. The van der Waals surface area contributed by atoms with Crippen molar-refractivity contribution in [3.05, 3.63) is 0 Å². The predicted octanol–water partition coefficient (Wildman–Crippen LogP) is 8.27. The number of aliphatic hydroxyl groups is 4. The summed E-state index contributed by atoms with van der Waals surface area (Å²) in [5.74, 6) is -0.460. The van der Waals surface area contributed by atoms with Gasteiger partial charge in [-0.1, -0.05) is 105 Å². The Kier molecular flexibility index (Phi) is 33.5. The summed E-state index contributed by atoms with van der Waals surface area (Å²) in [5.41, 5.74) is -3.96. The van der Waals surface area contributed by atoms with Gasteiger partial charge in [0.2, 0.25) is 9.76 Å². The van der Waals surface area contributed by atoms with Gasteiger partial charge in [-0.2, -0.15) is 12.6 Å². The molecule has 0 spiro atoms. The fraction of sp³-hybridized carbons (Fsp3) is 0.953. The number of carbonyl (C=O) groups excluding carboxylic acids is 2. The number of carbonyl (C=O) groups is 2. The molecular weight excluding hydrogens is 813 g/mol. The smallest absolute Gasteiger partial charge is 0.433 e. The molecule has 3 unspecified atom stereocenters. The SMILES string of the molecule is CCCCCCCC(=O)OCC(CC)(C(C)(CCCS)O[Si]OCC(CC)(CO)CO)C(CC)(OCC(CC)(CO)CO)O[Si]CCCSC(=O)CCCCCCC. The van der Waals surface area contributed by atoms with Gasteiger partial charge < -0.3 is 43.2 Å². The summed E-state index contributed by atoms with van der Waals surface area (Å²) in [6.45, 7) is 13.0. The van der Waals surface area contributed by atoms with Crippen molar-refractivity contribution in [3.8, 4) is 0 Å². The van der Waals surface area contributed by atoms with Gasteiger partial charge in [0, 0.05) is 36.0 Å². The van der Waals surface area contributed by atoms with Gasteiger partial charge in [0.15, 0.2) is 10.9 Å². The van der Waals surface area contributed by atoms with Crippen LogP contribution in [-0.4, -0.2) is 120 Å². The van der Waals surface area contributed by atoms with E-state index in [2.05, 4.69) is 26.5 Å². The maximum absolute atomic E-state index is 13.5. The highest BCUT2D eigenvalue weighted by Crippen LogP contribution is 2.53. The van der Waals surface area contributed by atoms with E-state index in [-0.39, 0.29) is 73.5 Å². The van der Waals surface area contributed by atoms with Crippen molar-refractivity contribution in [2.75, 3.05) is 57.8 Å². The molecule has 11 nitrogen and oxygen atoms in total. The Morgan fingerprint density at radius 1 is 0.655 bits per heavy atom. The second-order valence-electron chi connectivity index (χ2n) is 16.3. The minimum atomic E-state index is -1.41. The minimum Gasteiger partial charge on any atom is -0.465 e. The lowest BCUT2D eigenvalue weighted by Crippen LogP contribution is -2.67. The molecule has 0 aromatic heterocycles. The number of unbranched alkanes of at least 4 members (excludes halogenated alkanes) is 8. The molecule has 0 heterocycles. The van der Waals surface area contributed by atoms with Crippen LogP contribution in [0.2, 0.25) is 6.04 Å². The highest BCUT2D eigenvalue weighted by molar-refractivity contribution is 8.13. The van der Waals surface area contributed by atoms with E-state index in [4.69, 9.17) is 22.8 Å². The van der Waals surface area contributed by atoms with Crippen LogP contribution in [0, 0.1) is 16.2 Å². The molecule has 0 saturated heterocycles. The maximum atomic E-state index is 13.5. The molecule has 0 amide bonds. The monoisotopic (exact) mass is 896 g/mol. The van der Waals surface area contributed by atoms with E-state index in [1.165, 1.54) is 31.0 Å². The van der Waals surface area contributed by atoms with Crippen LogP contribution in [0.25, 0.3) is 0 Å². The number of ether oxygens (including phenoxy) is 2. The van der Waals surface area contributed by atoms with E-state index in [1.54, 1.807) is 0 Å². The van der Waals surface area contributed by atoms with E-state index < -0.39 is 37.6 Å². The average molecular weight is 897 g/mol. The highest BCUT2D eigenvalue weighted by atomic mass is 32.2. The van der Waals surface area contributed by atoms with E-state index >= 15 is 0 Å². The fourth-order valence-electron chi connectivity index (χ4n) is 7.09. The van der Waals surface area contributed by atoms with Crippen molar-refractivity contribution < 1.29 is 52.8 Å². The van der Waals surface area contributed by atoms with Gasteiger partial charge in [-0.25, -0.2) is 0 Å². The number of thioether (sulfide) groups is 1. The fourth-order valence-corrected chi connectivity index (χ4v) is 10.3. The summed E-state index contributed by atoms with van der Waals surface area (Å²) in [7, 11) is -0.517. The predicted molar refractivity (Wildman–Crippen MR) is 241 cm³/mol. The number of thiol groups is 1. The Labute approximate surface area is 368 Å². The number of rotatable bonds is 41. The van der Waals surface area contributed by atoms with Gasteiger partial charge in [-0.3, -0.25) is 9.59 Å². The molecule has 0 aliphatic carbocycles. The molecule has 0 aliphatic rings. The first-order chi connectivity index (χ1) is 27.9. The van der Waals surface area contributed by atoms with Crippen molar-refractivity contribution in [1.82, 2.24) is 0 Å². The van der Waals surface area contributed by atoms with Crippen LogP contribution in [-0.2, 0) is 32.3 Å². The van der Waals surface area contributed by atoms with Gasteiger partial charge in [0.1, 0.15) is 6.61 Å². The second-order valence-corrected chi connectivity index (χ2v) is 19.5. The lowest BCUT2D eigenvalue weighted by Gasteiger charge is -2.58. The van der Waals surface area contributed by atoms with Crippen LogP contribution in [0.15, 0.2) is 0 Å². The van der Waals surface area contributed by atoms with Gasteiger partial charge >= 0.3 is 16.0 Å². The molecule has 0 bridgehead atoms. The largest absolute Gasteiger partial charge is 0.465 e. The third-order valence-electron chi connectivity index (χ3n) is 12.2. The number of hydrogen-bond acceptors (Lipinski definition) is 13. The van der Waals surface area contributed by atoms with Crippen molar-refractivity contribution in [2.45, 2.75) is 188 Å². The molecule has 4 radical (unpaired) electrons. The Balaban J connectivity index is 6.88. The molecule has 0 aliphatic heterocycles. The van der Waals surface area contributed by atoms with Crippen LogP contribution in [0.4, 0.5) is 0 Å².